The highest BCUT2D eigenvalue weighted by Gasteiger charge is 2.26. The minimum Gasteiger partial charge on any atom is -0.356 e. The molecule has 0 atom stereocenters. The molecule has 0 unspecified atom stereocenters. The second kappa shape index (κ2) is 7.57. The number of anilines is 1. The lowest BCUT2D eigenvalue weighted by atomic mass is 9.95. The van der Waals surface area contributed by atoms with Gasteiger partial charge in [-0.15, -0.1) is 0 Å². The molecule has 1 fully saturated rings. The van der Waals surface area contributed by atoms with Gasteiger partial charge in [-0.2, -0.15) is 0 Å². The summed E-state index contributed by atoms with van der Waals surface area (Å²) in [5, 5.41) is 4.12. The zero-order valence-electron chi connectivity index (χ0n) is 14.4. The van der Waals surface area contributed by atoms with Gasteiger partial charge in [0.15, 0.2) is 0 Å². The normalized spacial score (nSPS) is 15.9. The number of likely N-dealkylation sites (N-methyl/N-ethyl adjacent to an activating group) is 1. The standard InChI is InChI=1S/C18H25N5O/c1-22(2)12-9-19-18(24)14-7-10-23(11-8-14)17-15-5-3-4-6-16(15)20-13-21-17/h3-6,13-14H,7-12H2,1-2H3,(H,19,24). The summed E-state index contributed by atoms with van der Waals surface area (Å²) in [5.41, 5.74) is 0.964. The number of nitrogens with one attached hydrogen (secondary N) is 1. The van der Waals surface area contributed by atoms with Crippen molar-refractivity contribution in [2.45, 2.75) is 12.8 Å². The van der Waals surface area contributed by atoms with Crippen LogP contribution in [0.1, 0.15) is 12.8 Å². The zero-order valence-corrected chi connectivity index (χ0v) is 14.4. The van der Waals surface area contributed by atoms with E-state index >= 15 is 0 Å². The number of carbonyl (C=O) groups is 1. The zero-order chi connectivity index (χ0) is 16.9. The van der Waals surface area contributed by atoms with Gasteiger partial charge in [0.05, 0.1) is 5.52 Å². The number of fused-ring (bicyclic) bond motifs is 1. The Labute approximate surface area is 142 Å². The minimum absolute atomic E-state index is 0.108. The number of amides is 1. The Morgan fingerprint density at radius 2 is 2.00 bits per heavy atom. The Morgan fingerprint density at radius 1 is 1.25 bits per heavy atom. The maximum Gasteiger partial charge on any atom is 0.223 e. The summed E-state index contributed by atoms with van der Waals surface area (Å²) >= 11 is 0. The average molecular weight is 327 g/mol. The highest BCUT2D eigenvalue weighted by molar-refractivity contribution is 5.89. The van der Waals surface area contributed by atoms with E-state index in [0.29, 0.717) is 6.54 Å². The number of aromatic nitrogens is 2. The van der Waals surface area contributed by atoms with Crippen LogP contribution in [0, 0.1) is 5.92 Å². The summed E-state index contributed by atoms with van der Waals surface area (Å²) in [6, 6.07) is 8.07. The van der Waals surface area contributed by atoms with Crippen molar-refractivity contribution in [2.24, 2.45) is 5.92 Å². The van der Waals surface area contributed by atoms with Crippen LogP contribution in [0.15, 0.2) is 30.6 Å². The SMILES string of the molecule is CN(C)CCNC(=O)C1CCN(c2ncnc3ccccc23)CC1. The van der Waals surface area contributed by atoms with Crippen molar-refractivity contribution in [2.75, 3.05) is 45.2 Å². The predicted octanol–water partition coefficient (Wildman–Crippen LogP) is 1.52. The van der Waals surface area contributed by atoms with Crippen LogP contribution in [0.25, 0.3) is 10.9 Å². The van der Waals surface area contributed by atoms with E-state index in [1.165, 1.54) is 0 Å². The monoisotopic (exact) mass is 327 g/mol. The van der Waals surface area contributed by atoms with Gasteiger partial charge in [-0.3, -0.25) is 4.79 Å². The van der Waals surface area contributed by atoms with Crippen molar-refractivity contribution < 1.29 is 4.79 Å². The molecule has 3 rings (SSSR count). The molecule has 6 heteroatoms. The molecular weight excluding hydrogens is 302 g/mol. The Bertz CT molecular complexity index is 689. The molecule has 0 spiro atoms. The van der Waals surface area contributed by atoms with Crippen LogP contribution >= 0.6 is 0 Å². The lowest BCUT2D eigenvalue weighted by Crippen LogP contribution is -2.42. The molecule has 1 aliphatic heterocycles. The molecule has 0 bridgehead atoms. The van der Waals surface area contributed by atoms with Crippen LogP contribution < -0.4 is 10.2 Å². The third-order valence-corrected chi connectivity index (χ3v) is 4.55. The maximum absolute atomic E-state index is 12.3. The van der Waals surface area contributed by atoms with E-state index in [2.05, 4.69) is 31.2 Å². The van der Waals surface area contributed by atoms with Crippen molar-refractivity contribution in [1.29, 1.82) is 0 Å². The summed E-state index contributed by atoms with van der Waals surface area (Å²) in [6.07, 6.45) is 3.36. The lowest BCUT2D eigenvalue weighted by molar-refractivity contribution is -0.125. The first kappa shape index (κ1) is 16.6. The molecule has 0 aliphatic carbocycles. The molecule has 1 aliphatic rings. The first-order valence-corrected chi connectivity index (χ1v) is 8.52. The topological polar surface area (TPSA) is 61.4 Å². The number of piperidine rings is 1. The Hall–Kier alpha value is -2.21. The molecule has 0 saturated carbocycles. The van der Waals surface area contributed by atoms with Crippen molar-refractivity contribution in [3.05, 3.63) is 30.6 Å². The fourth-order valence-corrected chi connectivity index (χ4v) is 3.14. The third-order valence-electron chi connectivity index (χ3n) is 4.55. The van der Waals surface area contributed by atoms with Crippen molar-refractivity contribution in [3.8, 4) is 0 Å². The number of rotatable bonds is 5. The quantitative estimate of drug-likeness (QED) is 0.902. The van der Waals surface area contributed by atoms with Crippen molar-refractivity contribution >= 4 is 22.6 Å². The lowest BCUT2D eigenvalue weighted by Gasteiger charge is -2.32. The van der Waals surface area contributed by atoms with Gasteiger partial charge < -0.3 is 15.1 Å². The second-order valence-corrected chi connectivity index (χ2v) is 6.57. The summed E-state index contributed by atoms with van der Waals surface area (Å²) in [4.78, 5) is 25.4. The molecule has 1 aromatic carbocycles. The summed E-state index contributed by atoms with van der Waals surface area (Å²) < 4.78 is 0. The maximum atomic E-state index is 12.3. The number of hydrogen-bond donors (Lipinski definition) is 1. The van der Waals surface area contributed by atoms with E-state index in [1.54, 1.807) is 6.33 Å². The first-order valence-electron chi connectivity index (χ1n) is 8.52. The fraction of sp³-hybridized carbons (Fsp3) is 0.500. The van der Waals surface area contributed by atoms with Gasteiger partial charge in [0.1, 0.15) is 12.1 Å². The van der Waals surface area contributed by atoms with Crippen LogP contribution in [-0.2, 0) is 4.79 Å². The van der Waals surface area contributed by atoms with Gasteiger partial charge in [0.2, 0.25) is 5.91 Å². The fourth-order valence-electron chi connectivity index (χ4n) is 3.14. The van der Waals surface area contributed by atoms with E-state index in [1.807, 2.05) is 32.3 Å². The summed E-state index contributed by atoms with van der Waals surface area (Å²) in [7, 11) is 4.02. The van der Waals surface area contributed by atoms with Gasteiger partial charge in [-0.1, -0.05) is 12.1 Å². The van der Waals surface area contributed by atoms with E-state index in [-0.39, 0.29) is 11.8 Å². The Morgan fingerprint density at radius 3 is 2.75 bits per heavy atom. The molecule has 6 nitrogen and oxygen atoms in total. The second-order valence-electron chi connectivity index (χ2n) is 6.57. The van der Waals surface area contributed by atoms with E-state index in [0.717, 1.165) is 49.2 Å². The van der Waals surface area contributed by atoms with Gasteiger partial charge in [-0.05, 0) is 39.1 Å². The molecule has 1 saturated heterocycles. The predicted molar refractivity (Wildman–Crippen MR) is 96.0 cm³/mol. The van der Waals surface area contributed by atoms with Crippen LogP contribution in [-0.4, -0.2) is 61.0 Å². The summed E-state index contributed by atoms with van der Waals surface area (Å²) in [6.45, 7) is 3.29. The van der Waals surface area contributed by atoms with Crippen LogP contribution in [0.5, 0.6) is 0 Å². The first-order chi connectivity index (χ1) is 11.6. The smallest absolute Gasteiger partial charge is 0.223 e. The third kappa shape index (κ3) is 3.82. The van der Waals surface area contributed by atoms with Crippen molar-refractivity contribution in [3.63, 3.8) is 0 Å². The molecule has 2 heterocycles. The molecule has 1 N–H and O–H groups in total. The molecule has 24 heavy (non-hydrogen) atoms. The minimum atomic E-state index is 0.108. The van der Waals surface area contributed by atoms with E-state index in [4.69, 9.17) is 0 Å². The molecular formula is C18H25N5O. The van der Waals surface area contributed by atoms with Crippen LogP contribution in [0.4, 0.5) is 5.82 Å². The average Bonchev–Trinajstić information content (AvgIpc) is 2.61. The molecule has 1 aromatic heterocycles. The van der Waals surface area contributed by atoms with Crippen molar-refractivity contribution in [1.82, 2.24) is 20.2 Å². The number of benzene rings is 1. The molecule has 1 amide bonds. The van der Waals surface area contributed by atoms with Crippen LogP contribution in [0.3, 0.4) is 0 Å². The highest BCUT2D eigenvalue weighted by Crippen LogP contribution is 2.27. The Balaban J connectivity index is 1.59. The largest absolute Gasteiger partial charge is 0.356 e. The number of hydrogen-bond acceptors (Lipinski definition) is 5. The number of carbonyl (C=O) groups excluding carboxylic acids is 1. The molecule has 0 radical (unpaired) electrons. The Kier molecular flexibility index (Phi) is 5.25. The van der Waals surface area contributed by atoms with Crippen LogP contribution in [0.2, 0.25) is 0 Å². The number of nitrogens with zero attached hydrogens (tertiary/aromatic N) is 4. The number of para-hydroxylation sites is 1. The van der Waals surface area contributed by atoms with E-state index in [9.17, 15) is 4.79 Å². The molecule has 128 valence electrons. The van der Waals surface area contributed by atoms with Gasteiger partial charge >= 0.3 is 0 Å². The highest BCUT2D eigenvalue weighted by atomic mass is 16.1. The van der Waals surface area contributed by atoms with Gasteiger partial charge in [0.25, 0.3) is 0 Å². The van der Waals surface area contributed by atoms with Gasteiger partial charge in [0, 0.05) is 37.5 Å². The van der Waals surface area contributed by atoms with Gasteiger partial charge in [-0.25, -0.2) is 9.97 Å². The van der Waals surface area contributed by atoms with E-state index < -0.39 is 0 Å². The molecule has 2 aromatic rings. The summed E-state index contributed by atoms with van der Waals surface area (Å²) in [5.74, 6) is 1.27.